The molecule has 0 aromatic heterocycles. The molecule has 0 radical (unpaired) electrons. The van der Waals surface area contributed by atoms with E-state index in [9.17, 15) is 0 Å². The fourth-order valence-corrected chi connectivity index (χ4v) is 2.98. The van der Waals surface area contributed by atoms with Gasteiger partial charge in [0.1, 0.15) is 5.84 Å². The number of hydrogen-bond donors (Lipinski definition) is 1. The highest BCUT2D eigenvalue weighted by atomic mass is 15.3. The van der Waals surface area contributed by atoms with E-state index in [4.69, 9.17) is 10.7 Å². The minimum atomic E-state index is 0.664. The van der Waals surface area contributed by atoms with Gasteiger partial charge < -0.3 is 10.6 Å². The molecule has 0 bridgehead atoms. The molecule has 1 heterocycles. The van der Waals surface area contributed by atoms with Gasteiger partial charge in [-0.3, -0.25) is 4.99 Å². The Morgan fingerprint density at radius 2 is 1.94 bits per heavy atom. The zero-order valence-corrected chi connectivity index (χ0v) is 10.1. The molecule has 3 rings (SSSR count). The first-order chi connectivity index (χ1) is 8.36. The van der Waals surface area contributed by atoms with Crippen molar-refractivity contribution in [1.29, 1.82) is 0 Å². The highest BCUT2D eigenvalue weighted by molar-refractivity contribution is 6.03. The predicted octanol–water partition coefficient (Wildman–Crippen LogP) is 2.68. The van der Waals surface area contributed by atoms with Crippen LogP contribution in [0.25, 0.3) is 0 Å². The van der Waals surface area contributed by atoms with Crippen molar-refractivity contribution in [3.8, 4) is 0 Å². The van der Waals surface area contributed by atoms with Gasteiger partial charge >= 0.3 is 0 Å². The van der Waals surface area contributed by atoms with Crippen molar-refractivity contribution in [3.63, 3.8) is 0 Å². The van der Waals surface area contributed by atoms with E-state index in [-0.39, 0.29) is 0 Å². The molecule has 2 N–H and O–H groups in total. The molecule has 1 aromatic carbocycles. The van der Waals surface area contributed by atoms with E-state index in [0.29, 0.717) is 5.92 Å². The average Bonchev–Trinajstić information content (AvgIpc) is 3.00. The highest BCUT2D eigenvalue weighted by Crippen LogP contribution is 2.33. The van der Waals surface area contributed by atoms with Gasteiger partial charge in [0.15, 0.2) is 0 Å². The number of benzene rings is 1. The van der Waals surface area contributed by atoms with Gasteiger partial charge in [0.05, 0.1) is 17.9 Å². The zero-order chi connectivity index (χ0) is 11.7. The normalized spacial score (nSPS) is 20.9. The second-order valence-corrected chi connectivity index (χ2v) is 4.93. The first kappa shape index (κ1) is 10.6. The van der Waals surface area contributed by atoms with Crippen LogP contribution in [0.5, 0.6) is 0 Å². The van der Waals surface area contributed by atoms with E-state index in [2.05, 4.69) is 17.0 Å². The van der Waals surface area contributed by atoms with E-state index in [1.165, 1.54) is 31.5 Å². The molecule has 0 saturated heterocycles. The van der Waals surface area contributed by atoms with Crippen molar-refractivity contribution in [2.45, 2.75) is 25.7 Å². The highest BCUT2D eigenvalue weighted by Gasteiger charge is 2.29. The van der Waals surface area contributed by atoms with Crippen LogP contribution in [0.4, 0.5) is 11.4 Å². The Labute approximate surface area is 102 Å². The Morgan fingerprint density at radius 3 is 2.71 bits per heavy atom. The van der Waals surface area contributed by atoms with Gasteiger partial charge in [-0.05, 0) is 25.0 Å². The lowest BCUT2D eigenvalue weighted by molar-refractivity contribution is 0.719. The summed E-state index contributed by atoms with van der Waals surface area (Å²) in [4.78, 5) is 7.03. The Hall–Kier alpha value is -1.51. The number of amidine groups is 1. The number of anilines is 2. The van der Waals surface area contributed by atoms with E-state index < -0.39 is 0 Å². The molecule has 1 aliphatic carbocycles. The molecular weight excluding hydrogens is 210 g/mol. The Morgan fingerprint density at radius 1 is 1.18 bits per heavy atom. The fourth-order valence-electron chi connectivity index (χ4n) is 2.98. The smallest absolute Gasteiger partial charge is 0.107 e. The lowest BCUT2D eigenvalue weighted by atomic mass is 10.1. The zero-order valence-electron chi connectivity index (χ0n) is 10.1. The Kier molecular flexibility index (Phi) is 2.75. The van der Waals surface area contributed by atoms with Gasteiger partial charge in [-0.25, -0.2) is 0 Å². The maximum Gasteiger partial charge on any atom is 0.107 e. The molecule has 17 heavy (non-hydrogen) atoms. The molecule has 0 amide bonds. The summed E-state index contributed by atoms with van der Waals surface area (Å²) < 4.78 is 0. The molecule has 0 spiro atoms. The summed E-state index contributed by atoms with van der Waals surface area (Å²) in [6.45, 7) is 1.90. The lowest BCUT2D eigenvalue weighted by Gasteiger charge is -2.25. The third kappa shape index (κ3) is 1.90. The van der Waals surface area contributed by atoms with Crippen molar-refractivity contribution >= 4 is 17.2 Å². The van der Waals surface area contributed by atoms with Gasteiger partial charge in [-0.2, -0.15) is 0 Å². The maximum absolute atomic E-state index is 6.06. The number of hydrogen-bond acceptors (Lipinski definition) is 3. The first-order valence-corrected chi connectivity index (χ1v) is 6.52. The van der Waals surface area contributed by atoms with E-state index in [0.717, 1.165) is 24.5 Å². The van der Waals surface area contributed by atoms with Gasteiger partial charge in [-0.1, -0.05) is 25.0 Å². The number of rotatable bonds is 2. The van der Waals surface area contributed by atoms with Crippen LogP contribution in [0.3, 0.4) is 0 Å². The molecule has 0 unspecified atom stereocenters. The average molecular weight is 229 g/mol. The minimum Gasteiger partial charge on any atom is -0.397 e. The molecule has 1 aliphatic heterocycles. The molecule has 0 atom stereocenters. The van der Waals surface area contributed by atoms with Crippen LogP contribution >= 0.6 is 0 Å². The summed E-state index contributed by atoms with van der Waals surface area (Å²) in [7, 11) is 0. The van der Waals surface area contributed by atoms with E-state index in [1.54, 1.807) is 0 Å². The van der Waals surface area contributed by atoms with Gasteiger partial charge in [0.2, 0.25) is 0 Å². The van der Waals surface area contributed by atoms with Crippen LogP contribution < -0.4 is 10.6 Å². The summed E-state index contributed by atoms with van der Waals surface area (Å²) in [6.07, 6.45) is 5.29. The van der Waals surface area contributed by atoms with Gasteiger partial charge in [0, 0.05) is 12.5 Å². The van der Waals surface area contributed by atoms with Crippen LogP contribution in [0.2, 0.25) is 0 Å². The van der Waals surface area contributed by atoms with Gasteiger partial charge in [-0.15, -0.1) is 0 Å². The second-order valence-electron chi connectivity index (χ2n) is 4.93. The molecule has 3 heteroatoms. The third-order valence-electron chi connectivity index (χ3n) is 3.82. The van der Waals surface area contributed by atoms with Crippen molar-refractivity contribution < 1.29 is 0 Å². The first-order valence-electron chi connectivity index (χ1n) is 6.52. The summed E-state index contributed by atoms with van der Waals surface area (Å²) >= 11 is 0. The lowest BCUT2D eigenvalue weighted by Crippen LogP contribution is -2.32. The monoisotopic (exact) mass is 229 g/mol. The molecule has 90 valence electrons. The number of nitrogen functional groups attached to an aromatic ring is 1. The molecule has 2 aliphatic rings. The van der Waals surface area contributed by atoms with Crippen molar-refractivity contribution in [3.05, 3.63) is 24.3 Å². The molecular formula is C14H19N3. The molecule has 1 fully saturated rings. The summed E-state index contributed by atoms with van der Waals surface area (Å²) in [5.74, 6) is 1.94. The third-order valence-corrected chi connectivity index (χ3v) is 3.82. The van der Waals surface area contributed by atoms with Gasteiger partial charge in [0.25, 0.3) is 0 Å². The summed E-state index contributed by atoms with van der Waals surface area (Å²) in [5.41, 5.74) is 8.06. The molecule has 1 saturated carbocycles. The largest absolute Gasteiger partial charge is 0.397 e. The quantitative estimate of drug-likeness (QED) is 0.792. The number of para-hydroxylation sites is 2. The molecule has 1 aromatic rings. The predicted molar refractivity (Wildman–Crippen MR) is 72.5 cm³/mol. The fraction of sp³-hybridized carbons (Fsp3) is 0.500. The minimum absolute atomic E-state index is 0.664. The van der Waals surface area contributed by atoms with Crippen molar-refractivity contribution in [1.82, 2.24) is 0 Å². The standard InChI is InChI=1S/C14H19N3/c15-12-7-3-4-8-13(12)17-10-9-16-14(17)11-5-1-2-6-11/h3-4,7-8,11H,1-2,5-6,9-10,15H2. The van der Waals surface area contributed by atoms with Crippen LogP contribution in [0, 0.1) is 5.92 Å². The van der Waals surface area contributed by atoms with Crippen LogP contribution in [-0.4, -0.2) is 18.9 Å². The Balaban J connectivity index is 1.88. The second kappa shape index (κ2) is 4.40. The Bertz CT molecular complexity index is 433. The summed E-state index contributed by atoms with van der Waals surface area (Å²) in [6, 6.07) is 8.11. The summed E-state index contributed by atoms with van der Waals surface area (Å²) in [5, 5.41) is 0. The van der Waals surface area contributed by atoms with Crippen LogP contribution in [0.15, 0.2) is 29.3 Å². The maximum atomic E-state index is 6.06. The van der Waals surface area contributed by atoms with Crippen molar-refractivity contribution in [2.75, 3.05) is 23.7 Å². The van der Waals surface area contributed by atoms with E-state index >= 15 is 0 Å². The van der Waals surface area contributed by atoms with Crippen LogP contribution in [-0.2, 0) is 0 Å². The topological polar surface area (TPSA) is 41.6 Å². The van der Waals surface area contributed by atoms with Crippen molar-refractivity contribution in [2.24, 2.45) is 10.9 Å². The SMILES string of the molecule is Nc1ccccc1N1CCN=C1C1CCCC1. The number of nitrogens with two attached hydrogens (primary N) is 1. The van der Waals surface area contributed by atoms with E-state index in [1.807, 2.05) is 12.1 Å². The molecule has 3 nitrogen and oxygen atoms in total. The number of nitrogens with zero attached hydrogens (tertiary/aromatic N) is 2. The van der Waals surface area contributed by atoms with Crippen LogP contribution in [0.1, 0.15) is 25.7 Å². The number of aliphatic imine (C=N–C) groups is 1.